The molecular weight excluding hydrogens is 230 g/mol. The molecule has 0 bridgehead atoms. The van der Waals surface area contributed by atoms with E-state index in [-0.39, 0.29) is 5.41 Å². The molecule has 1 heteroatoms. The van der Waals surface area contributed by atoms with Crippen LogP contribution in [-0.4, -0.2) is 12.6 Å². The number of likely N-dealkylation sites (N-methyl/N-ethyl adjacent to an activating group) is 1. The van der Waals surface area contributed by atoms with E-state index < -0.39 is 0 Å². The highest BCUT2D eigenvalue weighted by molar-refractivity contribution is 5.28. The quantitative estimate of drug-likeness (QED) is 0.792. The zero-order valence-electron chi connectivity index (χ0n) is 13.6. The van der Waals surface area contributed by atoms with Crippen molar-refractivity contribution < 1.29 is 0 Å². The summed E-state index contributed by atoms with van der Waals surface area (Å²) in [7, 11) is 0. The van der Waals surface area contributed by atoms with Gasteiger partial charge in [-0.25, -0.2) is 0 Å². The van der Waals surface area contributed by atoms with Crippen LogP contribution in [0.3, 0.4) is 0 Å². The van der Waals surface area contributed by atoms with Crippen molar-refractivity contribution in [2.24, 2.45) is 5.92 Å². The van der Waals surface area contributed by atoms with Crippen molar-refractivity contribution in [3.63, 3.8) is 0 Å². The predicted molar refractivity (Wildman–Crippen MR) is 85.8 cm³/mol. The van der Waals surface area contributed by atoms with Crippen molar-refractivity contribution in [1.82, 2.24) is 5.32 Å². The van der Waals surface area contributed by atoms with E-state index in [1.807, 2.05) is 0 Å². The number of rotatable bonds is 6. The summed E-state index contributed by atoms with van der Waals surface area (Å²) in [4.78, 5) is 0. The normalized spacial score (nSPS) is 13.8. The molecule has 1 N–H and O–H groups in total. The molecule has 108 valence electrons. The van der Waals surface area contributed by atoms with Gasteiger partial charge in [-0.15, -0.1) is 0 Å². The number of hydrogen-bond donors (Lipinski definition) is 1. The minimum Gasteiger partial charge on any atom is -0.314 e. The summed E-state index contributed by atoms with van der Waals surface area (Å²) < 4.78 is 0. The highest BCUT2D eigenvalue weighted by atomic mass is 14.9. The van der Waals surface area contributed by atoms with Gasteiger partial charge in [0.15, 0.2) is 0 Å². The van der Waals surface area contributed by atoms with Crippen molar-refractivity contribution in [1.29, 1.82) is 0 Å². The minimum atomic E-state index is 0.248. The Morgan fingerprint density at radius 2 is 1.63 bits per heavy atom. The highest BCUT2D eigenvalue weighted by Crippen LogP contribution is 2.22. The first-order valence-corrected chi connectivity index (χ1v) is 7.65. The molecule has 1 atom stereocenters. The number of nitrogens with one attached hydrogen (secondary N) is 1. The lowest BCUT2D eigenvalue weighted by molar-refractivity contribution is 0.424. The first-order chi connectivity index (χ1) is 8.82. The molecule has 1 aromatic rings. The van der Waals surface area contributed by atoms with E-state index in [4.69, 9.17) is 0 Å². The van der Waals surface area contributed by atoms with Crippen LogP contribution in [0, 0.1) is 5.92 Å². The van der Waals surface area contributed by atoms with E-state index in [0.29, 0.717) is 6.04 Å². The molecule has 19 heavy (non-hydrogen) atoms. The van der Waals surface area contributed by atoms with Crippen LogP contribution in [0.2, 0.25) is 0 Å². The van der Waals surface area contributed by atoms with E-state index >= 15 is 0 Å². The van der Waals surface area contributed by atoms with E-state index in [0.717, 1.165) is 18.9 Å². The van der Waals surface area contributed by atoms with Crippen LogP contribution in [0.25, 0.3) is 0 Å². The molecule has 0 saturated carbocycles. The molecule has 0 amide bonds. The van der Waals surface area contributed by atoms with Crippen molar-refractivity contribution >= 4 is 0 Å². The molecule has 1 rings (SSSR count). The molecule has 0 aromatic heterocycles. The predicted octanol–water partition coefficient (Wildman–Crippen LogP) is 4.55. The molecule has 1 aromatic carbocycles. The van der Waals surface area contributed by atoms with E-state index in [1.54, 1.807) is 0 Å². The van der Waals surface area contributed by atoms with Crippen LogP contribution in [0.1, 0.15) is 59.1 Å². The topological polar surface area (TPSA) is 12.0 Å². The first kappa shape index (κ1) is 16.2. The third-order valence-electron chi connectivity index (χ3n) is 3.55. The van der Waals surface area contributed by atoms with Crippen LogP contribution in [-0.2, 0) is 11.8 Å². The van der Waals surface area contributed by atoms with Crippen LogP contribution in [0.5, 0.6) is 0 Å². The Morgan fingerprint density at radius 1 is 1.05 bits per heavy atom. The second kappa shape index (κ2) is 7.09. The Kier molecular flexibility index (Phi) is 6.06. The van der Waals surface area contributed by atoms with Crippen LogP contribution < -0.4 is 5.32 Å². The molecule has 0 spiro atoms. The molecule has 0 aliphatic carbocycles. The first-order valence-electron chi connectivity index (χ1n) is 7.65. The summed E-state index contributed by atoms with van der Waals surface area (Å²) in [5.74, 6) is 0.748. The zero-order chi connectivity index (χ0) is 14.5. The monoisotopic (exact) mass is 261 g/mol. The standard InChI is InChI=1S/C18H31N/c1-7-19-17(12-14(2)3)13-15-8-10-16(11-9-15)18(4,5)6/h8-11,14,17,19H,7,12-13H2,1-6H3. The Labute approximate surface area is 119 Å². The van der Waals surface area contributed by atoms with Gasteiger partial charge in [-0.05, 0) is 41.8 Å². The van der Waals surface area contributed by atoms with Crippen molar-refractivity contribution in [2.75, 3.05) is 6.54 Å². The second-order valence-corrected chi connectivity index (χ2v) is 7.04. The van der Waals surface area contributed by atoms with E-state index in [9.17, 15) is 0 Å². The summed E-state index contributed by atoms with van der Waals surface area (Å²) >= 11 is 0. The fourth-order valence-electron chi connectivity index (χ4n) is 2.52. The highest BCUT2D eigenvalue weighted by Gasteiger charge is 2.14. The van der Waals surface area contributed by atoms with Crippen molar-refractivity contribution in [3.05, 3.63) is 35.4 Å². The Hall–Kier alpha value is -0.820. The average Bonchev–Trinajstić information content (AvgIpc) is 2.28. The van der Waals surface area contributed by atoms with Gasteiger partial charge < -0.3 is 5.32 Å². The lowest BCUT2D eigenvalue weighted by Crippen LogP contribution is -2.32. The summed E-state index contributed by atoms with van der Waals surface area (Å²) in [6, 6.07) is 9.77. The average molecular weight is 261 g/mol. The molecule has 1 nitrogen and oxygen atoms in total. The van der Waals surface area contributed by atoms with Gasteiger partial charge in [0.2, 0.25) is 0 Å². The third-order valence-corrected chi connectivity index (χ3v) is 3.55. The maximum Gasteiger partial charge on any atom is 0.0110 e. The SMILES string of the molecule is CCNC(Cc1ccc(C(C)(C)C)cc1)CC(C)C. The van der Waals surface area contributed by atoms with Gasteiger partial charge in [-0.3, -0.25) is 0 Å². The number of benzene rings is 1. The van der Waals surface area contributed by atoms with Crippen molar-refractivity contribution in [2.45, 2.75) is 65.8 Å². The van der Waals surface area contributed by atoms with Gasteiger partial charge in [0, 0.05) is 6.04 Å². The van der Waals surface area contributed by atoms with Gasteiger partial charge in [0.1, 0.15) is 0 Å². The number of hydrogen-bond acceptors (Lipinski definition) is 1. The van der Waals surface area contributed by atoms with Crippen LogP contribution in [0.4, 0.5) is 0 Å². The van der Waals surface area contributed by atoms with Crippen LogP contribution in [0.15, 0.2) is 24.3 Å². The Morgan fingerprint density at radius 3 is 2.05 bits per heavy atom. The lowest BCUT2D eigenvalue weighted by Gasteiger charge is -2.22. The molecule has 0 aliphatic heterocycles. The maximum absolute atomic E-state index is 3.61. The van der Waals surface area contributed by atoms with Crippen LogP contribution >= 0.6 is 0 Å². The zero-order valence-corrected chi connectivity index (χ0v) is 13.6. The fourth-order valence-corrected chi connectivity index (χ4v) is 2.52. The van der Waals surface area contributed by atoms with E-state index in [2.05, 4.69) is 71.1 Å². The third kappa shape index (κ3) is 5.78. The molecular formula is C18H31N. The van der Waals surface area contributed by atoms with E-state index in [1.165, 1.54) is 17.5 Å². The molecule has 0 saturated heterocycles. The second-order valence-electron chi connectivity index (χ2n) is 7.04. The fraction of sp³-hybridized carbons (Fsp3) is 0.667. The molecule has 0 heterocycles. The summed E-state index contributed by atoms with van der Waals surface area (Å²) in [6.07, 6.45) is 2.38. The minimum absolute atomic E-state index is 0.248. The molecule has 0 radical (unpaired) electrons. The van der Waals surface area contributed by atoms with Gasteiger partial charge in [-0.2, -0.15) is 0 Å². The smallest absolute Gasteiger partial charge is 0.0110 e. The van der Waals surface area contributed by atoms with Gasteiger partial charge in [0.05, 0.1) is 0 Å². The summed E-state index contributed by atoms with van der Waals surface area (Å²) in [5, 5.41) is 3.61. The largest absolute Gasteiger partial charge is 0.314 e. The van der Waals surface area contributed by atoms with Gasteiger partial charge in [0.25, 0.3) is 0 Å². The molecule has 0 fully saturated rings. The molecule has 0 aliphatic rings. The Bertz CT molecular complexity index is 356. The molecule has 1 unspecified atom stereocenters. The van der Waals surface area contributed by atoms with Crippen molar-refractivity contribution in [3.8, 4) is 0 Å². The van der Waals surface area contributed by atoms with Gasteiger partial charge in [-0.1, -0.05) is 65.8 Å². The summed E-state index contributed by atoms with van der Waals surface area (Å²) in [6.45, 7) is 14.6. The lowest BCUT2D eigenvalue weighted by atomic mass is 9.86. The van der Waals surface area contributed by atoms with Gasteiger partial charge >= 0.3 is 0 Å². The Balaban J connectivity index is 2.69. The maximum atomic E-state index is 3.61. The summed E-state index contributed by atoms with van der Waals surface area (Å²) in [5.41, 5.74) is 3.11.